The number of rotatable bonds is 5. The van der Waals surface area contributed by atoms with Gasteiger partial charge in [-0.25, -0.2) is 9.37 Å². The zero-order chi connectivity index (χ0) is 20.4. The number of nitrogens with one attached hydrogen (secondary N) is 1. The van der Waals surface area contributed by atoms with Crippen LogP contribution in [0, 0.1) is 12.7 Å². The van der Waals surface area contributed by atoms with Gasteiger partial charge in [-0.3, -0.25) is 14.2 Å². The van der Waals surface area contributed by atoms with Crippen LogP contribution in [0.5, 0.6) is 0 Å². The topological polar surface area (TPSA) is 64.0 Å². The van der Waals surface area contributed by atoms with E-state index >= 15 is 0 Å². The molecule has 3 aromatic rings. The van der Waals surface area contributed by atoms with Crippen molar-refractivity contribution < 1.29 is 9.18 Å². The molecule has 0 aliphatic carbocycles. The van der Waals surface area contributed by atoms with Crippen LogP contribution in [-0.2, 0) is 11.3 Å². The number of fused-ring (bicyclic) bond motifs is 1. The molecule has 0 saturated heterocycles. The van der Waals surface area contributed by atoms with Crippen molar-refractivity contribution in [3.63, 3.8) is 0 Å². The van der Waals surface area contributed by atoms with Crippen molar-refractivity contribution in [2.45, 2.75) is 37.7 Å². The van der Waals surface area contributed by atoms with Crippen molar-refractivity contribution in [2.24, 2.45) is 0 Å². The maximum absolute atomic E-state index is 13.7. The normalized spacial score (nSPS) is 12.2. The highest BCUT2D eigenvalue weighted by Gasteiger charge is 2.19. The van der Waals surface area contributed by atoms with Crippen LogP contribution >= 0.6 is 27.7 Å². The van der Waals surface area contributed by atoms with Gasteiger partial charge in [0.25, 0.3) is 5.56 Å². The minimum atomic E-state index is -0.526. The van der Waals surface area contributed by atoms with Crippen LogP contribution in [0.2, 0.25) is 0 Å². The Kier molecular flexibility index (Phi) is 6.20. The fourth-order valence-electron chi connectivity index (χ4n) is 2.67. The first-order valence-electron chi connectivity index (χ1n) is 8.74. The fraction of sp³-hybridized carbons (Fsp3) is 0.250. The summed E-state index contributed by atoms with van der Waals surface area (Å²) in [5, 5.41) is 3.17. The second-order valence-corrected chi connectivity index (χ2v) is 8.54. The lowest BCUT2D eigenvalue weighted by molar-refractivity contribution is -0.115. The zero-order valence-corrected chi connectivity index (χ0v) is 18.0. The van der Waals surface area contributed by atoms with Crippen molar-refractivity contribution in [3.8, 4) is 0 Å². The summed E-state index contributed by atoms with van der Waals surface area (Å²) in [6.07, 6.45) is 0. The van der Waals surface area contributed by atoms with Gasteiger partial charge in [0.05, 0.1) is 16.2 Å². The highest BCUT2D eigenvalue weighted by atomic mass is 79.9. The number of nitrogens with zero attached hydrogens (tertiary/aromatic N) is 2. The van der Waals surface area contributed by atoms with Crippen LogP contribution in [-0.4, -0.2) is 20.7 Å². The first kappa shape index (κ1) is 20.5. The van der Waals surface area contributed by atoms with E-state index in [1.807, 2.05) is 13.0 Å². The lowest BCUT2D eigenvalue weighted by Gasteiger charge is -2.15. The van der Waals surface area contributed by atoms with Crippen molar-refractivity contribution in [3.05, 3.63) is 62.6 Å². The zero-order valence-electron chi connectivity index (χ0n) is 15.6. The molecule has 0 spiro atoms. The number of carbonyl (C=O) groups excluding carboxylic acids is 1. The molecular weight excluding hydrogens is 445 g/mol. The summed E-state index contributed by atoms with van der Waals surface area (Å²) in [5.74, 6) is -0.665. The van der Waals surface area contributed by atoms with Gasteiger partial charge in [-0.1, -0.05) is 33.8 Å². The van der Waals surface area contributed by atoms with Crippen molar-refractivity contribution in [1.82, 2.24) is 9.55 Å². The Morgan fingerprint density at radius 1 is 1.32 bits per heavy atom. The van der Waals surface area contributed by atoms with Crippen molar-refractivity contribution in [1.29, 1.82) is 0 Å². The number of anilines is 1. The van der Waals surface area contributed by atoms with Gasteiger partial charge in [-0.15, -0.1) is 0 Å². The molecule has 1 unspecified atom stereocenters. The van der Waals surface area contributed by atoms with Crippen molar-refractivity contribution >= 4 is 50.2 Å². The molecule has 3 rings (SSSR count). The molecule has 1 N–H and O–H groups in total. The largest absolute Gasteiger partial charge is 0.325 e. The highest BCUT2D eigenvalue weighted by molar-refractivity contribution is 9.10. The monoisotopic (exact) mass is 463 g/mol. The molecule has 1 heterocycles. The molecule has 1 atom stereocenters. The van der Waals surface area contributed by atoms with E-state index in [4.69, 9.17) is 0 Å². The molecule has 146 valence electrons. The predicted octanol–water partition coefficient (Wildman–Crippen LogP) is 4.75. The Labute approximate surface area is 174 Å². The molecule has 8 heteroatoms. The number of thioether (sulfide) groups is 1. The number of aryl methyl sites for hydroxylation is 1. The fourth-order valence-corrected chi connectivity index (χ4v) is 4.00. The molecule has 0 fully saturated rings. The first-order valence-corrected chi connectivity index (χ1v) is 10.4. The average molecular weight is 464 g/mol. The SMILES string of the molecule is CCn1c(SC(C)C(=O)Nc2ccc(C)c(F)c2)nc2ccc(Br)cc2c1=O. The summed E-state index contributed by atoms with van der Waals surface area (Å²) >= 11 is 4.57. The van der Waals surface area contributed by atoms with Gasteiger partial charge in [0, 0.05) is 16.7 Å². The Morgan fingerprint density at radius 2 is 2.07 bits per heavy atom. The van der Waals surface area contributed by atoms with Crippen molar-refractivity contribution in [2.75, 3.05) is 5.32 Å². The number of amides is 1. The molecular formula is C20H19BrFN3O2S. The van der Waals surface area contributed by atoms with Gasteiger partial charge in [0.2, 0.25) is 5.91 Å². The summed E-state index contributed by atoms with van der Waals surface area (Å²) in [4.78, 5) is 29.9. The molecule has 2 aromatic carbocycles. The van der Waals surface area contributed by atoms with E-state index in [1.165, 1.54) is 17.8 Å². The van der Waals surface area contributed by atoms with E-state index in [9.17, 15) is 14.0 Å². The van der Waals surface area contributed by atoms with Crippen LogP contribution in [0.4, 0.5) is 10.1 Å². The average Bonchev–Trinajstić information content (AvgIpc) is 2.65. The molecule has 0 aliphatic rings. The van der Waals surface area contributed by atoms with Gasteiger partial charge < -0.3 is 5.32 Å². The number of carbonyl (C=O) groups is 1. The quantitative estimate of drug-likeness (QED) is 0.438. The molecule has 5 nitrogen and oxygen atoms in total. The number of hydrogen-bond donors (Lipinski definition) is 1. The third kappa shape index (κ3) is 4.28. The van der Waals surface area contributed by atoms with Gasteiger partial charge in [-0.2, -0.15) is 0 Å². The molecule has 0 aliphatic heterocycles. The first-order chi connectivity index (χ1) is 13.3. The summed E-state index contributed by atoms with van der Waals surface area (Å²) in [5.41, 5.74) is 1.34. The molecule has 1 amide bonds. The summed E-state index contributed by atoms with van der Waals surface area (Å²) in [7, 11) is 0. The lowest BCUT2D eigenvalue weighted by atomic mass is 10.2. The third-order valence-corrected chi connectivity index (χ3v) is 5.87. The third-order valence-electron chi connectivity index (χ3n) is 4.29. The van der Waals surface area contributed by atoms with E-state index in [2.05, 4.69) is 26.2 Å². The summed E-state index contributed by atoms with van der Waals surface area (Å²) in [6.45, 7) is 5.68. The molecule has 0 saturated carbocycles. The smallest absolute Gasteiger partial charge is 0.262 e. The Bertz CT molecular complexity index is 1120. The van der Waals surface area contributed by atoms with E-state index in [1.54, 1.807) is 42.7 Å². The van der Waals surface area contributed by atoms with Gasteiger partial charge in [0.15, 0.2) is 5.16 Å². The number of benzene rings is 2. The van der Waals surface area contributed by atoms with E-state index in [-0.39, 0.29) is 17.3 Å². The molecule has 1 aromatic heterocycles. The van der Waals surface area contributed by atoms with Gasteiger partial charge in [0.1, 0.15) is 5.82 Å². The summed E-state index contributed by atoms with van der Waals surface area (Å²) < 4.78 is 16.0. The molecule has 0 radical (unpaired) electrons. The Morgan fingerprint density at radius 3 is 2.75 bits per heavy atom. The number of hydrogen-bond acceptors (Lipinski definition) is 4. The van der Waals surface area contributed by atoms with Crippen LogP contribution in [0.3, 0.4) is 0 Å². The second kappa shape index (κ2) is 8.45. The molecule has 28 heavy (non-hydrogen) atoms. The standard InChI is InChI=1S/C20H19BrFN3O2S/c1-4-25-19(27)15-9-13(21)6-8-17(15)24-20(25)28-12(3)18(26)23-14-7-5-11(2)16(22)10-14/h5-10,12H,4H2,1-3H3,(H,23,26). The predicted molar refractivity (Wildman–Crippen MR) is 114 cm³/mol. The Hall–Kier alpha value is -2.19. The van der Waals surface area contributed by atoms with Crippen LogP contribution in [0.25, 0.3) is 10.9 Å². The minimum absolute atomic E-state index is 0.149. The number of aromatic nitrogens is 2. The summed E-state index contributed by atoms with van der Waals surface area (Å²) in [6, 6.07) is 9.89. The maximum atomic E-state index is 13.7. The number of halogens is 2. The van der Waals surface area contributed by atoms with Crippen LogP contribution in [0.1, 0.15) is 19.4 Å². The Balaban J connectivity index is 1.86. The lowest BCUT2D eigenvalue weighted by Crippen LogP contribution is -2.26. The van der Waals surface area contributed by atoms with Crippen LogP contribution < -0.4 is 10.9 Å². The van der Waals surface area contributed by atoms with Crippen LogP contribution in [0.15, 0.2) is 50.8 Å². The van der Waals surface area contributed by atoms with Gasteiger partial charge >= 0.3 is 0 Å². The van der Waals surface area contributed by atoms with E-state index in [0.29, 0.717) is 33.9 Å². The van der Waals surface area contributed by atoms with Gasteiger partial charge in [-0.05, 0) is 56.7 Å². The molecule has 0 bridgehead atoms. The minimum Gasteiger partial charge on any atom is -0.325 e. The highest BCUT2D eigenvalue weighted by Crippen LogP contribution is 2.25. The van der Waals surface area contributed by atoms with E-state index in [0.717, 1.165) is 4.47 Å². The maximum Gasteiger partial charge on any atom is 0.262 e. The van der Waals surface area contributed by atoms with E-state index < -0.39 is 5.25 Å². The second-order valence-electron chi connectivity index (χ2n) is 6.32.